The van der Waals surface area contributed by atoms with Gasteiger partial charge in [0.2, 0.25) is 5.88 Å². The molecule has 0 atom stereocenters. The fraction of sp³-hybridized carbons (Fsp3) is 0.429. The maximum atomic E-state index is 5.21. The van der Waals surface area contributed by atoms with Crippen LogP contribution in [0.15, 0.2) is 18.6 Å². The summed E-state index contributed by atoms with van der Waals surface area (Å²) in [6.45, 7) is 2.11. The molecule has 0 saturated carbocycles. The van der Waals surface area contributed by atoms with Gasteiger partial charge in [-0.2, -0.15) is 0 Å². The molecular formula is C7H10N2OS. The minimum Gasteiger partial charge on any atom is -0.406 e. The first-order valence-corrected chi connectivity index (χ1v) is 4.40. The van der Waals surface area contributed by atoms with Crippen molar-refractivity contribution in [2.45, 2.75) is 13.3 Å². The van der Waals surface area contributed by atoms with E-state index in [1.54, 1.807) is 12.3 Å². The summed E-state index contributed by atoms with van der Waals surface area (Å²) in [5.41, 5.74) is 0. The highest BCUT2D eigenvalue weighted by Crippen LogP contribution is 2.11. The highest BCUT2D eigenvalue weighted by atomic mass is 32.2. The van der Waals surface area contributed by atoms with E-state index >= 15 is 0 Å². The second-order valence-corrected chi connectivity index (χ2v) is 2.76. The van der Waals surface area contributed by atoms with E-state index in [9.17, 15) is 0 Å². The van der Waals surface area contributed by atoms with Gasteiger partial charge in [0.25, 0.3) is 0 Å². The summed E-state index contributed by atoms with van der Waals surface area (Å²) in [5.74, 6) is 1.61. The van der Waals surface area contributed by atoms with Crippen LogP contribution < -0.4 is 4.18 Å². The Kier molecular flexibility index (Phi) is 3.75. The quantitative estimate of drug-likeness (QED) is 0.510. The van der Waals surface area contributed by atoms with Crippen molar-refractivity contribution in [3.63, 3.8) is 0 Å². The molecule has 0 spiro atoms. The average Bonchev–Trinajstić information content (AvgIpc) is 2.07. The molecule has 0 N–H and O–H groups in total. The van der Waals surface area contributed by atoms with Gasteiger partial charge in [-0.05, 0) is 6.42 Å². The van der Waals surface area contributed by atoms with Gasteiger partial charge < -0.3 is 4.18 Å². The molecule has 0 aromatic carbocycles. The zero-order chi connectivity index (χ0) is 7.94. The van der Waals surface area contributed by atoms with Crippen LogP contribution in [-0.2, 0) is 0 Å². The molecule has 60 valence electrons. The largest absolute Gasteiger partial charge is 0.406 e. The SMILES string of the molecule is CCCSOc1ccncn1. The molecule has 1 aromatic rings. The van der Waals surface area contributed by atoms with E-state index in [0.717, 1.165) is 12.2 Å². The van der Waals surface area contributed by atoms with Crippen molar-refractivity contribution in [3.05, 3.63) is 18.6 Å². The van der Waals surface area contributed by atoms with Crippen LogP contribution in [0.5, 0.6) is 5.88 Å². The van der Waals surface area contributed by atoms with Gasteiger partial charge in [-0.1, -0.05) is 6.92 Å². The fourth-order valence-corrected chi connectivity index (χ4v) is 0.983. The smallest absolute Gasteiger partial charge is 0.230 e. The minimum absolute atomic E-state index is 0.624. The zero-order valence-electron chi connectivity index (χ0n) is 6.36. The summed E-state index contributed by atoms with van der Waals surface area (Å²) in [6, 6.07) is 1.74. The van der Waals surface area contributed by atoms with Crippen LogP contribution >= 0.6 is 12.0 Å². The predicted octanol–water partition coefficient (Wildman–Crippen LogP) is 1.91. The molecule has 1 heterocycles. The number of hydrogen-bond donors (Lipinski definition) is 0. The lowest BCUT2D eigenvalue weighted by Crippen LogP contribution is -1.87. The third-order valence-electron chi connectivity index (χ3n) is 0.987. The third kappa shape index (κ3) is 3.23. The molecule has 0 amide bonds. The zero-order valence-corrected chi connectivity index (χ0v) is 7.17. The normalized spacial score (nSPS) is 9.55. The summed E-state index contributed by atoms with van der Waals surface area (Å²) in [4.78, 5) is 7.67. The van der Waals surface area contributed by atoms with Crippen molar-refractivity contribution in [1.29, 1.82) is 0 Å². The number of hydrogen-bond acceptors (Lipinski definition) is 4. The molecule has 4 heteroatoms. The molecule has 0 radical (unpaired) electrons. The van der Waals surface area contributed by atoms with Crippen LogP contribution in [0.3, 0.4) is 0 Å². The summed E-state index contributed by atoms with van der Waals surface area (Å²) in [6.07, 6.45) is 4.24. The minimum atomic E-state index is 0.624. The molecule has 0 saturated heterocycles. The Hall–Kier alpha value is -0.770. The molecule has 0 bridgehead atoms. The highest BCUT2D eigenvalue weighted by molar-refractivity contribution is 7.95. The van der Waals surface area contributed by atoms with Crippen LogP contribution in [0.2, 0.25) is 0 Å². The maximum absolute atomic E-state index is 5.21. The first kappa shape index (κ1) is 8.33. The Balaban J connectivity index is 2.28. The monoisotopic (exact) mass is 170 g/mol. The first-order valence-electron chi connectivity index (χ1n) is 3.49. The van der Waals surface area contributed by atoms with Crippen molar-refractivity contribution in [3.8, 4) is 5.88 Å². The summed E-state index contributed by atoms with van der Waals surface area (Å²) < 4.78 is 5.21. The van der Waals surface area contributed by atoms with Crippen LogP contribution in [-0.4, -0.2) is 15.7 Å². The first-order chi connectivity index (χ1) is 5.43. The van der Waals surface area contributed by atoms with E-state index in [-0.39, 0.29) is 0 Å². The second-order valence-electron chi connectivity index (χ2n) is 1.95. The second kappa shape index (κ2) is 4.96. The molecule has 1 rings (SSSR count). The Morgan fingerprint density at radius 3 is 3.18 bits per heavy atom. The van der Waals surface area contributed by atoms with Gasteiger partial charge in [0.05, 0.1) is 12.0 Å². The number of aromatic nitrogens is 2. The van der Waals surface area contributed by atoms with E-state index in [4.69, 9.17) is 4.18 Å². The van der Waals surface area contributed by atoms with E-state index in [0.29, 0.717) is 5.88 Å². The van der Waals surface area contributed by atoms with Gasteiger partial charge in [-0.15, -0.1) is 0 Å². The average molecular weight is 170 g/mol. The van der Waals surface area contributed by atoms with Crippen molar-refractivity contribution in [2.75, 3.05) is 5.75 Å². The molecule has 1 aromatic heterocycles. The van der Waals surface area contributed by atoms with Gasteiger partial charge >= 0.3 is 0 Å². The molecule has 0 aliphatic rings. The molecule has 0 aliphatic heterocycles. The molecule has 11 heavy (non-hydrogen) atoms. The van der Waals surface area contributed by atoms with Crippen LogP contribution in [0.25, 0.3) is 0 Å². The van der Waals surface area contributed by atoms with Gasteiger partial charge in [0.1, 0.15) is 6.33 Å². The molecule has 0 unspecified atom stereocenters. The number of nitrogens with zero attached hydrogens (tertiary/aromatic N) is 2. The predicted molar refractivity (Wildman–Crippen MR) is 45.4 cm³/mol. The van der Waals surface area contributed by atoms with E-state index < -0.39 is 0 Å². The maximum Gasteiger partial charge on any atom is 0.230 e. The lowest BCUT2D eigenvalue weighted by molar-refractivity contribution is 0.612. The van der Waals surface area contributed by atoms with Crippen LogP contribution in [0, 0.1) is 0 Å². The summed E-state index contributed by atoms with van der Waals surface area (Å²) in [7, 11) is 0. The molecule has 3 nitrogen and oxygen atoms in total. The topological polar surface area (TPSA) is 35.0 Å². The molecular weight excluding hydrogens is 160 g/mol. The molecule has 0 aliphatic carbocycles. The van der Waals surface area contributed by atoms with E-state index in [1.807, 2.05) is 0 Å². The Morgan fingerprint density at radius 1 is 1.64 bits per heavy atom. The van der Waals surface area contributed by atoms with Crippen LogP contribution in [0.1, 0.15) is 13.3 Å². The van der Waals surface area contributed by atoms with Crippen molar-refractivity contribution in [1.82, 2.24) is 9.97 Å². The number of rotatable bonds is 4. The lowest BCUT2D eigenvalue weighted by atomic mass is 10.6. The third-order valence-corrected chi connectivity index (χ3v) is 1.85. The van der Waals surface area contributed by atoms with Gasteiger partial charge in [-0.25, -0.2) is 9.97 Å². The van der Waals surface area contributed by atoms with Gasteiger partial charge in [0.15, 0.2) is 0 Å². The Labute approximate surface area is 70.4 Å². The highest BCUT2D eigenvalue weighted by Gasteiger charge is 1.92. The summed E-state index contributed by atoms with van der Waals surface area (Å²) >= 11 is 1.42. The lowest BCUT2D eigenvalue weighted by Gasteiger charge is -1.99. The van der Waals surface area contributed by atoms with Gasteiger partial charge in [0, 0.05) is 18.0 Å². The van der Waals surface area contributed by atoms with Crippen molar-refractivity contribution in [2.24, 2.45) is 0 Å². The van der Waals surface area contributed by atoms with Crippen molar-refractivity contribution >= 4 is 12.0 Å². The fourth-order valence-electron chi connectivity index (χ4n) is 0.513. The molecule has 0 fully saturated rings. The van der Waals surface area contributed by atoms with E-state index in [1.165, 1.54) is 18.4 Å². The Bertz CT molecular complexity index is 193. The van der Waals surface area contributed by atoms with Crippen molar-refractivity contribution < 1.29 is 4.18 Å². The Morgan fingerprint density at radius 2 is 2.55 bits per heavy atom. The summed E-state index contributed by atoms with van der Waals surface area (Å²) in [5, 5.41) is 0. The van der Waals surface area contributed by atoms with Gasteiger partial charge in [-0.3, -0.25) is 0 Å². The van der Waals surface area contributed by atoms with E-state index in [2.05, 4.69) is 16.9 Å². The van der Waals surface area contributed by atoms with Crippen LogP contribution in [0.4, 0.5) is 0 Å². The standard InChI is InChI=1S/C7H10N2OS/c1-2-5-11-10-7-3-4-8-6-9-7/h3-4,6H,2,5H2,1H3.